The summed E-state index contributed by atoms with van der Waals surface area (Å²) in [5, 5.41) is 0.987. The van der Waals surface area contributed by atoms with Crippen molar-refractivity contribution in [3.8, 4) is 5.75 Å². The Morgan fingerprint density at radius 1 is 1.24 bits per heavy atom. The number of ether oxygens (including phenoxy) is 1. The maximum atomic E-state index is 11.3. The smallest absolute Gasteiger partial charge is 0.233 e. The molecule has 0 saturated heterocycles. The van der Waals surface area contributed by atoms with Crippen molar-refractivity contribution in [3.05, 3.63) is 36.5 Å². The second-order valence-corrected chi connectivity index (χ2v) is 8.17. The number of nitrogens with zero attached hydrogens (tertiary/aromatic N) is 1. The average Bonchev–Trinajstić information content (AvgIpc) is 2.42. The highest BCUT2D eigenvalue weighted by atomic mass is 35.7. The molecular weight excluding hydrogens is 310 g/mol. The Balaban J connectivity index is 2.16. The first kappa shape index (κ1) is 16.0. The fraction of sp³-hybridized carbons (Fsp3) is 0.400. The van der Waals surface area contributed by atoms with E-state index in [1.807, 2.05) is 44.2 Å². The third-order valence-electron chi connectivity index (χ3n) is 3.40. The maximum absolute atomic E-state index is 11.3. The molecule has 1 aromatic heterocycles. The van der Waals surface area contributed by atoms with E-state index in [4.69, 9.17) is 15.4 Å². The lowest BCUT2D eigenvalue weighted by Crippen LogP contribution is -2.24. The van der Waals surface area contributed by atoms with Crippen LogP contribution in [0.4, 0.5) is 0 Å². The monoisotopic (exact) mass is 327 g/mol. The van der Waals surface area contributed by atoms with Crippen LogP contribution >= 0.6 is 10.7 Å². The van der Waals surface area contributed by atoms with Crippen LogP contribution in [0, 0.1) is 11.8 Å². The van der Waals surface area contributed by atoms with Gasteiger partial charge in [-0.15, -0.1) is 0 Å². The highest BCUT2D eigenvalue weighted by molar-refractivity contribution is 8.13. The Hall–Kier alpha value is -1.33. The number of pyridine rings is 1. The van der Waals surface area contributed by atoms with Crippen LogP contribution in [-0.2, 0) is 9.05 Å². The van der Waals surface area contributed by atoms with Crippen LogP contribution in [-0.4, -0.2) is 25.8 Å². The van der Waals surface area contributed by atoms with Gasteiger partial charge >= 0.3 is 0 Å². The predicted octanol–water partition coefficient (Wildman–Crippen LogP) is 3.45. The Labute approximate surface area is 129 Å². The van der Waals surface area contributed by atoms with Crippen molar-refractivity contribution >= 4 is 30.6 Å². The number of aromatic nitrogens is 1. The van der Waals surface area contributed by atoms with Crippen molar-refractivity contribution in [3.63, 3.8) is 0 Å². The summed E-state index contributed by atoms with van der Waals surface area (Å²) in [6, 6.07) is 9.50. The molecule has 0 aliphatic rings. The highest BCUT2D eigenvalue weighted by Gasteiger charge is 2.21. The lowest BCUT2D eigenvalue weighted by molar-refractivity contribution is 0.227. The highest BCUT2D eigenvalue weighted by Crippen LogP contribution is 2.25. The van der Waals surface area contributed by atoms with Crippen LogP contribution in [0.25, 0.3) is 10.9 Å². The van der Waals surface area contributed by atoms with Gasteiger partial charge in [-0.2, -0.15) is 0 Å². The van der Waals surface area contributed by atoms with Gasteiger partial charge < -0.3 is 4.74 Å². The lowest BCUT2D eigenvalue weighted by Gasteiger charge is -2.20. The Bertz CT molecular complexity index is 710. The van der Waals surface area contributed by atoms with Gasteiger partial charge in [0.05, 0.1) is 12.4 Å². The standard InChI is InChI=1S/C15H18ClNO3S/c1-11(2)13(10-21(16,18)19)9-20-14-7-3-5-12-6-4-8-17-15(12)14/h3-8,11,13H,9-10H2,1-2H3. The molecule has 0 N–H and O–H groups in total. The molecule has 0 aliphatic heterocycles. The molecule has 0 bridgehead atoms. The van der Waals surface area contributed by atoms with Gasteiger partial charge in [0.2, 0.25) is 9.05 Å². The summed E-state index contributed by atoms with van der Waals surface area (Å²) in [5.74, 6) is 0.559. The molecule has 6 heteroatoms. The molecule has 0 aliphatic carbocycles. The number of fused-ring (bicyclic) bond motifs is 1. The predicted molar refractivity (Wildman–Crippen MR) is 85.2 cm³/mol. The summed E-state index contributed by atoms with van der Waals surface area (Å²) in [4.78, 5) is 4.31. The zero-order valence-corrected chi connectivity index (χ0v) is 13.6. The van der Waals surface area contributed by atoms with E-state index in [2.05, 4.69) is 4.98 Å². The summed E-state index contributed by atoms with van der Waals surface area (Å²) in [6.45, 7) is 4.20. The number of benzene rings is 1. The average molecular weight is 328 g/mol. The van der Waals surface area contributed by atoms with E-state index in [-0.39, 0.29) is 17.6 Å². The van der Waals surface area contributed by atoms with E-state index in [9.17, 15) is 8.42 Å². The van der Waals surface area contributed by atoms with Gasteiger partial charge in [0.15, 0.2) is 0 Å². The van der Waals surface area contributed by atoms with Gasteiger partial charge in [-0.25, -0.2) is 8.42 Å². The summed E-state index contributed by atoms with van der Waals surface area (Å²) in [7, 11) is 1.81. The summed E-state index contributed by atoms with van der Waals surface area (Å²) >= 11 is 0. The molecule has 0 saturated carbocycles. The molecule has 4 nitrogen and oxygen atoms in total. The fourth-order valence-corrected chi connectivity index (χ4v) is 3.56. The van der Waals surface area contributed by atoms with Gasteiger partial charge in [-0.1, -0.05) is 32.0 Å². The number of hydrogen-bond acceptors (Lipinski definition) is 4. The fourth-order valence-electron chi connectivity index (χ4n) is 2.08. The van der Waals surface area contributed by atoms with Crippen molar-refractivity contribution in [2.45, 2.75) is 13.8 Å². The van der Waals surface area contributed by atoms with E-state index in [0.29, 0.717) is 12.4 Å². The van der Waals surface area contributed by atoms with E-state index in [0.717, 1.165) is 10.9 Å². The van der Waals surface area contributed by atoms with Crippen molar-refractivity contribution in [2.24, 2.45) is 11.8 Å². The minimum absolute atomic E-state index is 0.0928. The number of halogens is 1. The quantitative estimate of drug-likeness (QED) is 0.762. The Morgan fingerprint density at radius 3 is 2.62 bits per heavy atom. The minimum Gasteiger partial charge on any atom is -0.491 e. The number of para-hydroxylation sites is 1. The second kappa shape index (κ2) is 6.62. The van der Waals surface area contributed by atoms with E-state index in [1.165, 1.54) is 0 Å². The van der Waals surface area contributed by atoms with Crippen LogP contribution in [0.5, 0.6) is 5.75 Å². The molecule has 1 atom stereocenters. The van der Waals surface area contributed by atoms with E-state index in [1.54, 1.807) is 6.20 Å². The molecule has 1 heterocycles. The molecule has 2 rings (SSSR count). The topological polar surface area (TPSA) is 56.3 Å². The normalized spacial score (nSPS) is 13.5. The number of rotatable bonds is 6. The first-order valence-electron chi connectivity index (χ1n) is 6.75. The molecule has 1 aromatic carbocycles. The van der Waals surface area contributed by atoms with Crippen molar-refractivity contribution in [1.82, 2.24) is 4.98 Å². The SMILES string of the molecule is CC(C)C(COc1cccc2cccnc12)CS(=O)(=O)Cl. The minimum atomic E-state index is -3.54. The zero-order valence-electron chi connectivity index (χ0n) is 12.0. The molecule has 1 unspecified atom stereocenters. The van der Waals surface area contributed by atoms with Crippen LogP contribution in [0.1, 0.15) is 13.8 Å². The van der Waals surface area contributed by atoms with Crippen LogP contribution in [0.3, 0.4) is 0 Å². The van der Waals surface area contributed by atoms with Crippen molar-refractivity contribution in [2.75, 3.05) is 12.4 Å². The maximum Gasteiger partial charge on any atom is 0.233 e. The molecule has 0 radical (unpaired) electrons. The summed E-state index contributed by atoms with van der Waals surface area (Å²) < 4.78 is 28.3. The number of hydrogen-bond donors (Lipinski definition) is 0. The molecular formula is C15H18ClNO3S. The van der Waals surface area contributed by atoms with Gasteiger partial charge in [-0.3, -0.25) is 4.98 Å². The summed E-state index contributed by atoms with van der Waals surface area (Å²) in [5.41, 5.74) is 0.774. The third kappa shape index (κ3) is 4.58. The molecule has 2 aromatic rings. The van der Waals surface area contributed by atoms with Crippen molar-refractivity contribution < 1.29 is 13.2 Å². The summed E-state index contributed by atoms with van der Waals surface area (Å²) in [6.07, 6.45) is 1.71. The first-order valence-corrected chi connectivity index (χ1v) is 9.23. The van der Waals surface area contributed by atoms with E-state index >= 15 is 0 Å². The lowest BCUT2D eigenvalue weighted by atomic mass is 9.99. The third-order valence-corrected chi connectivity index (χ3v) is 4.61. The second-order valence-electron chi connectivity index (χ2n) is 5.35. The first-order chi connectivity index (χ1) is 9.87. The van der Waals surface area contributed by atoms with Crippen LogP contribution in [0.15, 0.2) is 36.5 Å². The zero-order chi connectivity index (χ0) is 15.5. The van der Waals surface area contributed by atoms with Crippen molar-refractivity contribution in [1.29, 1.82) is 0 Å². The molecule has 114 valence electrons. The van der Waals surface area contributed by atoms with Gasteiger partial charge in [-0.05, 0) is 18.1 Å². The molecule has 0 amide bonds. The largest absolute Gasteiger partial charge is 0.491 e. The van der Waals surface area contributed by atoms with Gasteiger partial charge in [0.25, 0.3) is 0 Å². The Morgan fingerprint density at radius 2 is 1.95 bits per heavy atom. The molecule has 0 fully saturated rings. The van der Waals surface area contributed by atoms with Gasteiger partial charge in [0, 0.05) is 28.2 Å². The van der Waals surface area contributed by atoms with Crippen LogP contribution < -0.4 is 4.74 Å². The molecule has 21 heavy (non-hydrogen) atoms. The van der Waals surface area contributed by atoms with E-state index < -0.39 is 9.05 Å². The Kier molecular flexibility index (Phi) is 5.06. The van der Waals surface area contributed by atoms with Gasteiger partial charge in [0.1, 0.15) is 11.3 Å². The van der Waals surface area contributed by atoms with Crippen LogP contribution in [0.2, 0.25) is 0 Å². The molecule has 0 spiro atoms.